The number of thiazole rings is 1. The second-order valence-corrected chi connectivity index (χ2v) is 9.22. The Kier molecular flexibility index (Phi) is 8.09. The van der Waals surface area contributed by atoms with Crippen LogP contribution in [0.3, 0.4) is 0 Å². The third-order valence-corrected chi connectivity index (χ3v) is 6.34. The maximum Gasteiger partial charge on any atom is 0.273 e. The smallest absolute Gasteiger partial charge is 0.273 e. The van der Waals surface area contributed by atoms with Crippen molar-refractivity contribution in [1.29, 1.82) is 5.41 Å². The molecule has 1 aliphatic rings. The number of nitrogens with one attached hydrogen (secondary N) is 2. The number of nitrogens with two attached hydrogens (primary N) is 2. The van der Waals surface area contributed by atoms with E-state index in [1.54, 1.807) is 0 Å². The summed E-state index contributed by atoms with van der Waals surface area (Å²) in [6.45, 7) is 5.92. The maximum absolute atomic E-state index is 14.2. The van der Waals surface area contributed by atoms with E-state index in [0.29, 0.717) is 18.3 Å². The number of carbonyl (C=O) groups is 1. The normalized spacial score (nSPS) is 16.2. The number of anilines is 1. The fourth-order valence-corrected chi connectivity index (χ4v) is 4.59. The number of amides is 1. The summed E-state index contributed by atoms with van der Waals surface area (Å²) in [5.41, 5.74) is 11.3. The Morgan fingerprint density at radius 1 is 1.36 bits per heavy atom. The van der Waals surface area contributed by atoms with E-state index >= 15 is 0 Å². The predicted octanol–water partition coefficient (Wildman–Crippen LogP) is 2.90. The average molecular weight is 478 g/mol. The molecule has 1 unspecified atom stereocenters. The lowest BCUT2D eigenvalue weighted by atomic mass is 9.96. The number of hydrogen-bond acceptors (Lipinski definition) is 7. The van der Waals surface area contributed by atoms with Gasteiger partial charge in [0.05, 0.1) is 5.56 Å². The Hall–Kier alpha value is -2.92. The minimum atomic E-state index is -0.802. The molecule has 0 aliphatic carbocycles. The summed E-state index contributed by atoms with van der Waals surface area (Å²) < 4.78 is 28.3. The first-order chi connectivity index (χ1) is 15.7. The lowest BCUT2D eigenvalue weighted by Crippen LogP contribution is -2.52. The van der Waals surface area contributed by atoms with Gasteiger partial charge in [-0.3, -0.25) is 9.79 Å². The number of hydrogen-bond donors (Lipinski definition) is 4. The number of aromatic nitrogens is 1. The molecule has 33 heavy (non-hydrogen) atoms. The third kappa shape index (κ3) is 5.72. The number of amidine groups is 1. The van der Waals surface area contributed by atoms with E-state index in [4.69, 9.17) is 16.9 Å². The molecule has 2 heterocycles. The van der Waals surface area contributed by atoms with Crippen molar-refractivity contribution < 1.29 is 13.6 Å². The van der Waals surface area contributed by atoms with Crippen molar-refractivity contribution in [2.75, 3.05) is 25.4 Å². The van der Waals surface area contributed by atoms with Crippen LogP contribution in [0.2, 0.25) is 0 Å². The van der Waals surface area contributed by atoms with E-state index in [-0.39, 0.29) is 27.3 Å². The fraction of sp³-hybridized carbons (Fsp3) is 0.455. The van der Waals surface area contributed by atoms with Crippen LogP contribution in [0.25, 0.3) is 10.6 Å². The summed E-state index contributed by atoms with van der Waals surface area (Å²) in [6.07, 6.45) is 2.92. The molecule has 0 radical (unpaired) electrons. The molecule has 1 aromatic heterocycles. The number of halogens is 2. The summed E-state index contributed by atoms with van der Waals surface area (Å²) in [4.78, 5) is 23.8. The molecule has 0 saturated carbocycles. The van der Waals surface area contributed by atoms with Crippen molar-refractivity contribution in [3.05, 3.63) is 35.5 Å². The average Bonchev–Trinajstić information content (AvgIpc) is 3.17. The van der Waals surface area contributed by atoms with Crippen molar-refractivity contribution in [2.45, 2.75) is 38.8 Å². The van der Waals surface area contributed by atoms with Gasteiger partial charge in [0, 0.05) is 25.3 Å². The number of aliphatic imine (C=N–C) groups is 1. The van der Waals surface area contributed by atoms with Gasteiger partial charge in [0.2, 0.25) is 0 Å². The maximum atomic E-state index is 14.2. The van der Waals surface area contributed by atoms with Gasteiger partial charge in [-0.1, -0.05) is 17.4 Å². The molecule has 3 rings (SSSR count). The van der Waals surface area contributed by atoms with Crippen LogP contribution in [0, 0.1) is 23.0 Å². The van der Waals surface area contributed by atoms with E-state index in [2.05, 4.69) is 20.2 Å². The Balaban J connectivity index is 1.84. The first-order valence-corrected chi connectivity index (χ1v) is 11.6. The van der Waals surface area contributed by atoms with Crippen molar-refractivity contribution in [3.63, 3.8) is 0 Å². The van der Waals surface area contributed by atoms with Crippen LogP contribution in [0.5, 0.6) is 0 Å². The van der Waals surface area contributed by atoms with E-state index in [9.17, 15) is 13.6 Å². The van der Waals surface area contributed by atoms with Crippen LogP contribution >= 0.6 is 11.3 Å². The zero-order chi connectivity index (χ0) is 24.1. The van der Waals surface area contributed by atoms with E-state index in [0.717, 1.165) is 55.6 Å². The molecule has 1 fully saturated rings. The highest BCUT2D eigenvalue weighted by molar-refractivity contribution is 7.19. The van der Waals surface area contributed by atoms with Crippen LogP contribution in [0.15, 0.2) is 23.2 Å². The van der Waals surface area contributed by atoms with Crippen molar-refractivity contribution in [3.8, 4) is 10.6 Å². The van der Waals surface area contributed by atoms with Gasteiger partial charge in [0.1, 0.15) is 33.5 Å². The standard InChI is InChI=1S/C22H29F2N7OS/c1-12(2)28-20(31-8-6-13(10-25)7-9-31)16(11-26)29-21(32)18-19(27)33-22(30-18)17-14(23)4-3-5-15(17)24/h3-5,11-13,16,26H,6-10,25,27H2,1-2H3,(H,29,32). The van der Waals surface area contributed by atoms with Crippen LogP contribution in [0.1, 0.15) is 37.2 Å². The van der Waals surface area contributed by atoms with Gasteiger partial charge in [-0.15, -0.1) is 0 Å². The van der Waals surface area contributed by atoms with Gasteiger partial charge in [0.25, 0.3) is 5.91 Å². The van der Waals surface area contributed by atoms with Gasteiger partial charge in [0.15, 0.2) is 5.69 Å². The summed E-state index contributed by atoms with van der Waals surface area (Å²) in [6, 6.07) is 2.63. The summed E-state index contributed by atoms with van der Waals surface area (Å²) in [5.74, 6) is -1.20. The number of likely N-dealkylation sites (tertiary alicyclic amines) is 1. The van der Waals surface area contributed by atoms with Gasteiger partial charge < -0.3 is 27.1 Å². The molecule has 178 valence electrons. The number of piperidine rings is 1. The fourth-order valence-electron chi connectivity index (χ4n) is 3.71. The minimum absolute atomic E-state index is 0.0278. The lowest BCUT2D eigenvalue weighted by molar-refractivity contribution is 0.0949. The number of benzene rings is 1. The molecule has 1 atom stereocenters. The number of rotatable bonds is 7. The number of carbonyl (C=O) groups excluding carboxylic acids is 1. The summed E-state index contributed by atoms with van der Waals surface area (Å²) in [5, 5.41) is 10.7. The molecular formula is C22H29F2N7OS. The van der Waals surface area contributed by atoms with Gasteiger partial charge in [-0.25, -0.2) is 13.8 Å². The molecule has 11 heteroatoms. The van der Waals surface area contributed by atoms with Crippen LogP contribution < -0.4 is 16.8 Å². The second-order valence-electron chi connectivity index (χ2n) is 8.19. The molecule has 8 nitrogen and oxygen atoms in total. The SMILES string of the molecule is CC(C)N=C(C(C=N)NC(=O)c1nc(-c2c(F)cccc2F)sc1N)N1CCC(CN)CC1. The first-order valence-electron chi connectivity index (χ1n) is 10.8. The Labute approximate surface area is 195 Å². The molecule has 1 saturated heterocycles. The summed E-state index contributed by atoms with van der Waals surface area (Å²) in [7, 11) is 0. The van der Waals surface area contributed by atoms with Crippen LogP contribution in [-0.2, 0) is 0 Å². The molecule has 2 aromatic rings. The minimum Gasteiger partial charge on any atom is -0.389 e. The topological polar surface area (TPSA) is 133 Å². The summed E-state index contributed by atoms with van der Waals surface area (Å²) >= 11 is 0.825. The highest BCUT2D eigenvalue weighted by Crippen LogP contribution is 2.33. The third-order valence-electron chi connectivity index (χ3n) is 5.44. The zero-order valence-electron chi connectivity index (χ0n) is 18.6. The molecule has 0 spiro atoms. The van der Waals surface area contributed by atoms with Gasteiger partial charge in [-0.2, -0.15) is 0 Å². The Morgan fingerprint density at radius 3 is 2.55 bits per heavy atom. The Morgan fingerprint density at radius 2 is 2.00 bits per heavy atom. The van der Waals surface area contributed by atoms with Gasteiger partial charge in [-0.05, 0) is 51.3 Å². The molecule has 0 bridgehead atoms. The van der Waals surface area contributed by atoms with Crippen molar-refractivity contribution in [1.82, 2.24) is 15.2 Å². The monoisotopic (exact) mass is 477 g/mol. The highest BCUT2D eigenvalue weighted by Gasteiger charge is 2.29. The van der Waals surface area contributed by atoms with Crippen molar-refractivity contribution in [2.24, 2.45) is 16.6 Å². The van der Waals surface area contributed by atoms with Crippen LogP contribution in [-0.4, -0.2) is 59.6 Å². The molecule has 6 N–H and O–H groups in total. The molecule has 1 aliphatic heterocycles. The number of nitrogens with zero attached hydrogens (tertiary/aromatic N) is 3. The van der Waals surface area contributed by atoms with E-state index in [1.165, 1.54) is 6.07 Å². The largest absolute Gasteiger partial charge is 0.389 e. The molecule has 1 aromatic carbocycles. The zero-order valence-corrected chi connectivity index (χ0v) is 19.5. The van der Waals surface area contributed by atoms with E-state index in [1.807, 2.05) is 13.8 Å². The van der Waals surface area contributed by atoms with E-state index < -0.39 is 23.6 Å². The first kappa shape index (κ1) is 24.7. The predicted molar refractivity (Wildman–Crippen MR) is 128 cm³/mol. The quantitative estimate of drug-likeness (QED) is 0.359. The van der Waals surface area contributed by atoms with Gasteiger partial charge >= 0.3 is 0 Å². The highest BCUT2D eigenvalue weighted by atomic mass is 32.1. The Bertz CT molecular complexity index is 1010. The number of nitrogen functional groups attached to an aromatic ring is 1. The lowest BCUT2D eigenvalue weighted by Gasteiger charge is -2.36. The van der Waals surface area contributed by atoms with Crippen molar-refractivity contribution >= 4 is 34.3 Å². The second kappa shape index (κ2) is 10.8. The molecular weight excluding hydrogens is 448 g/mol. The molecule has 1 amide bonds. The van der Waals surface area contributed by atoms with Crippen LogP contribution in [0.4, 0.5) is 13.8 Å².